The highest BCUT2D eigenvalue weighted by Crippen LogP contribution is 2.42. The SMILES string of the molecule is CN(C)CCN1CC(C(=O)O)n2c(c(-c3cccc(C(F)(F)F)c3)c(Cc3cccc4ccccc34)cc2=O)S1. The molecule has 4 aromatic rings. The summed E-state index contributed by atoms with van der Waals surface area (Å²) >= 11 is 1.22. The van der Waals surface area contributed by atoms with Crippen LogP contribution < -0.4 is 5.56 Å². The third-order valence-corrected chi connectivity index (χ3v) is 8.18. The molecule has 0 fully saturated rings. The molecule has 1 atom stereocenters. The van der Waals surface area contributed by atoms with Gasteiger partial charge in [0.1, 0.15) is 11.1 Å². The van der Waals surface area contributed by atoms with E-state index in [0.29, 0.717) is 29.2 Å². The van der Waals surface area contributed by atoms with Crippen molar-refractivity contribution < 1.29 is 23.1 Å². The number of benzene rings is 3. The lowest BCUT2D eigenvalue weighted by Crippen LogP contribution is -2.43. The summed E-state index contributed by atoms with van der Waals surface area (Å²) in [4.78, 5) is 27.8. The topological polar surface area (TPSA) is 65.8 Å². The van der Waals surface area contributed by atoms with Gasteiger partial charge in [-0.3, -0.25) is 9.36 Å². The van der Waals surface area contributed by atoms with E-state index in [2.05, 4.69) is 0 Å². The van der Waals surface area contributed by atoms with Gasteiger partial charge in [0.2, 0.25) is 0 Å². The van der Waals surface area contributed by atoms with Crippen molar-refractivity contribution >= 4 is 28.7 Å². The summed E-state index contributed by atoms with van der Waals surface area (Å²) in [7, 11) is 3.80. The predicted octanol–water partition coefficient (Wildman–Crippen LogP) is 5.79. The fourth-order valence-corrected chi connectivity index (χ4v) is 6.33. The number of aromatic nitrogens is 1. The van der Waals surface area contributed by atoms with Gasteiger partial charge in [0.25, 0.3) is 5.56 Å². The number of carboxylic acids is 1. The van der Waals surface area contributed by atoms with Crippen LogP contribution in [0.4, 0.5) is 13.2 Å². The Morgan fingerprint density at radius 2 is 1.75 bits per heavy atom. The summed E-state index contributed by atoms with van der Waals surface area (Å²) in [6.07, 6.45) is -4.28. The zero-order valence-electron chi connectivity index (χ0n) is 22.0. The van der Waals surface area contributed by atoms with E-state index in [9.17, 15) is 27.9 Å². The van der Waals surface area contributed by atoms with Crippen molar-refractivity contribution in [2.24, 2.45) is 0 Å². The van der Waals surface area contributed by atoms with Crippen molar-refractivity contribution in [3.8, 4) is 11.1 Å². The fraction of sp³-hybridized carbons (Fsp3) is 0.267. The molecule has 40 heavy (non-hydrogen) atoms. The molecule has 1 aliphatic rings. The predicted molar refractivity (Wildman–Crippen MR) is 151 cm³/mol. The highest BCUT2D eigenvalue weighted by Gasteiger charge is 2.36. The highest BCUT2D eigenvalue weighted by molar-refractivity contribution is 7.97. The molecule has 0 bridgehead atoms. The molecule has 1 aliphatic heterocycles. The minimum absolute atomic E-state index is 0.0887. The van der Waals surface area contributed by atoms with Crippen molar-refractivity contribution in [3.05, 3.63) is 99.8 Å². The molecule has 6 nitrogen and oxygen atoms in total. The monoisotopic (exact) mass is 567 g/mol. The largest absolute Gasteiger partial charge is 0.480 e. The number of pyridine rings is 1. The molecule has 0 saturated carbocycles. The molecule has 0 radical (unpaired) electrons. The maximum Gasteiger partial charge on any atom is 0.416 e. The number of alkyl halides is 3. The molecule has 208 valence electrons. The lowest BCUT2D eigenvalue weighted by molar-refractivity contribution is -0.141. The first-order chi connectivity index (χ1) is 19.0. The van der Waals surface area contributed by atoms with Crippen molar-refractivity contribution in [1.82, 2.24) is 13.8 Å². The molecule has 1 unspecified atom stereocenters. The fourth-order valence-electron chi connectivity index (χ4n) is 5.06. The van der Waals surface area contributed by atoms with Crippen LogP contribution in [-0.4, -0.2) is 58.6 Å². The molecule has 0 amide bonds. The number of hydrogen-bond acceptors (Lipinski definition) is 5. The van der Waals surface area contributed by atoms with Crippen LogP contribution in [0.25, 0.3) is 21.9 Å². The number of nitrogens with zero attached hydrogens (tertiary/aromatic N) is 3. The smallest absolute Gasteiger partial charge is 0.416 e. The van der Waals surface area contributed by atoms with Crippen LogP contribution in [0.1, 0.15) is 22.7 Å². The Morgan fingerprint density at radius 1 is 1.02 bits per heavy atom. The van der Waals surface area contributed by atoms with Crippen LogP contribution in [0.2, 0.25) is 0 Å². The van der Waals surface area contributed by atoms with Gasteiger partial charge in [0.15, 0.2) is 0 Å². The summed E-state index contributed by atoms with van der Waals surface area (Å²) in [6.45, 7) is 1.23. The van der Waals surface area contributed by atoms with E-state index < -0.39 is 29.3 Å². The average Bonchev–Trinajstić information content (AvgIpc) is 2.91. The molecular weight excluding hydrogens is 539 g/mol. The standard InChI is InChI=1S/C30H28F3N3O3S/c1-34(2)13-14-35-18-25(29(38)39)36-26(37)17-22(15-20-9-5-8-19-7-3-4-12-24(19)20)27(28(36)40-35)21-10-6-11-23(16-21)30(31,32)33/h3-12,16-17,25H,13-15,18H2,1-2H3,(H,38,39). The van der Waals surface area contributed by atoms with Crippen LogP contribution in [0, 0.1) is 0 Å². The van der Waals surface area contributed by atoms with Crippen molar-refractivity contribution in [2.45, 2.75) is 23.7 Å². The molecule has 10 heteroatoms. The molecule has 3 aromatic carbocycles. The third kappa shape index (κ3) is 5.65. The first kappa shape index (κ1) is 27.9. The number of aliphatic carboxylic acids is 1. The second kappa shape index (κ2) is 11.1. The average molecular weight is 568 g/mol. The highest BCUT2D eigenvalue weighted by atomic mass is 32.2. The molecule has 0 aliphatic carbocycles. The lowest BCUT2D eigenvalue weighted by Gasteiger charge is -2.35. The van der Waals surface area contributed by atoms with Crippen molar-refractivity contribution in [2.75, 3.05) is 33.7 Å². The van der Waals surface area contributed by atoms with Crippen LogP contribution in [0.5, 0.6) is 0 Å². The number of hydrogen-bond donors (Lipinski definition) is 1. The Kier molecular flexibility index (Phi) is 7.76. The molecule has 0 saturated heterocycles. The third-order valence-electron chi connectivity index (χ3n) is 7.01. The summed E-state index contributed by atoms with van der Waals surface area (Å²) in [5, 5.41) is 12.4. The molecule has 1 aromatic heterocycles. The quantitative estimate of drug-likeness (QED) is 0.286. The van der Waals surface area contributed by atoms with Gasteiger partial charge in [-0.25, -0.2) is 9.10 Å². The summed E-state index contributed by atoms with van der Waals surface area (Å²) in [5.41, 5.74) is 0.859. The van der Waals surface area contributed by atoms with Crippen molar-refractivity contribution in [3.63, 3.8) is 0 Å². The minimum Gasteiger partial charge on any atom is -0.480 e. The van der Waals surface area contributed by atoms with Gasteiger partial charge in [0, 0.05) is 31.3 Å². The van der Waals surface area contributed by atoms with Gasteiger partial charge >= 0.3 is 12.1 Å². The Balaban J connectivity index is 1.75. The number of likely N-dealkylation sites (N-methyl/N-ethyl adjacent to an activating group) is 1. The van der Waals surface area contributed by atoms with Crippen LogP contribution in [0.15, 0.2) is 82.6 Å². The van der Waals surface area contributed by atoms with Gasteiger partial charge in [-0.2, -0.15) is 13.2 Å². The number of fused-ring (bicyclic) bond motifs is 2. The van der Waals surface area contributed by atoms with E-state index in [0.717, 1.165) is 28.5 Å². The Hall–Kier alpha value is -3.60. The summed E-state index contributed by atoms with van der Waals surface area (Å²) in [5.74, 6) is -1.17. The van der Waals surface area contributed by atoms with Crippen LogP contribution >= 0.6 is 11.9 Å². The Bertz CT molecular complexity index is 1630. The van der Waals surface area contributed by atoms with E-state index in [1.807, 2.05) is 65.8 Å². The number of carbonyl (C=O) groups is 1. The maximum absolute atomic E-state index is 13.8. The molecule has 1 N–H and O–H groups in total. The molecule has 0 spiro atoms. The Morgan fingerprint density at radius 3 is 2.48 bits per heavy atom. The van der Waals surface area contributed by atoms with E-state index in [-0.39, 0.29) is 18.5 Å². The van der Waals surface area contributed by atoms with E-state index in [1.54, 1.807) is 6.07 Å². The van der Waals surface area contributed by atoms with Gasteiger partial charge in [-0.15, -0.1) is 0 Å². The van der Waals surface area contributed by atoms with Gasteiger partial charge in [-0.05, 0) is 72.1 Å². The van der Waals surface area contributed by atoms with Crippen LogP contribution in [0.3, 0.4) is 0 Å². The first-order valence-electron chi connectivity index (χ1n) is 12.8. The van der Waals surface area contributed by atoms with Gasteiger partial charge in [-0.1, -0.05) is 54.6 Å². The van der Waals surface area contributed by atoms with Crippen molar-refractivity contribution in [1.29, 1.82) is 0 Å². The number of halogens is 3. The number of rotatable bonds is 7. The second-order valence-electron chi connectivity index (χ2n) is 10.1. The van der Waals surface area contributed by atoms with E-state index in [4.69, 9.17) is 0 Å². The second-order valence-corrected chi connectivity index (χ2v) is 11.2. The van der Waals surface area contributed by atoms with Gasteiger partial charge < -0.3 is 10.0 Å². The molecule has 2 heterocycles. The minimum atomic E-state index is -4.56. The number of carboxylic acid groups (broad SMARTS) is 1. The van der Waals surface area contributed by atoms with E-state index >= 15 is 0 Å². The van der Waals surface area contributed by atoms with E-state index in [1.165, 1.54) is 28.6 Å². The normalized spacial score (nSPS) is 15.9. The summed E-state index contributed by atoms with van der Waals surface area (Å²) < 4.78 is 44.4. The summed E-state index contributed by atoms with van der Waals surface area (Å²) in [6, 6.07) is 18.8. The lowest BCUT2D eigenvalue weighted by atomic mass is 9.93. The zero-order chi connectivity index (χ0) is 28.6. The molecular formula is C30H28F3N3O3S. The maximum atomic E-state index is 13.8. The first-order valence-corrected chi connectivity index (χ1v) is 13.5. The zero-order valence-corrected chi connectivity index (χ0v) is 22.8. The van der Waals surface area contributed by atoms with Crippen LogP contribution in [-0.2, 0) is 17.4 Å². The molecule has 5 rings (SSSR count). The Labute approximate surface area is 233 Å². The van der Waals surface area contributed by atoms with Gasteiger partial charge in [0.05, 0.1) is 5.56 Å².